The Kier molecular flexibility index (Phi) is 3.49. The SMILES string of the molecule is O=C(O)CCc1ncnn1CC(F)F. The standard InChI is InChI=1S/C7H9F2N3O2/c8-5(9)3-12-6(10-4-11-12)1-2-7(13)14/h4-5H,1-3H2,(H,13,14). The van der Waals surface area contributed by atoms with Crippen molar-refractivity contribution < 1.29 is 18.7 Å². The third-order valence-corrected chi connectivity index (χ3v) is 1.57. The molecule has 0 spiro atoms. The van der Waals surface area contributed by atoms with E-state index in [0.29, 0.717) is 0 Å². The van der Waals surface area contributed by atoms with Gasteiger partial charge in [-0.2, -0.15) is 5.10 Å². The number of aryl methyl sites for hydroxylation is 1. The zero-order valence-electron chi connectivity index (χ0n) is 7.23. The highest BCUT2D eigenvalue weighted by molar-refractivity contribution is 5.66. The van der Waals surface area contributed by atoms with Gasteiger partial charge < -0.3 is 5.11 Å². The summed E-state index contributed by atoms with van der Waals surface area (Å²) in [6, 6.07) is 0. The summed E-state index contributed by atoms with van der Waals surface area (Å²) < 4.78 is 25.0. The maximum atomic E-state index is 12.0. The molecular formula is C7H9F2N3O2. The van der Waals surface area contributed by atoms with Crippen molar-refractivity contribution in [3.63, 3.8) is 0 Å². The van der Waals surface area contributed by atoms with Gasteiger partial charge in [0.05, 0.1) is 6.42 Å². The molecule has 1 N–H and O–H groups in total. The van der Waals surface area contributed by atoms with Crippen LogP contribution in [0, 0.1) is 0 Å². The summed E-state index contributed by atoms with van der Waals surface area (Å²) in [6.45, 7) is -0.547. The van der Waals surface area contributed by atoms with Crippen molar-refractivity contribution in [1.82, 2.24) is 14.8 Å². The van der Waals surface area contributed by atoms with E-state index in [-0.39, 0.29) is 18.7 Å². The van der Waals surface area contributed by atoms with Gasteiger partial charge in [0.25, 0.3) is 6.43 Å². The number of alkyl halides is 2. The summed E-state index contributed by atoms with van der Waals surface area (Å²) in [7, 11) is 0. The molecule has 1 heterocycles. The molecule has 1 aromatic rings. The number of aromatic nitrogens is 3. The third kappa shape index (κ3) is 3.08. The summed E-state index contributed by atoms with van der Waals surface area (Å²) in [5.41, 5.74) is 0. The van der Waals surface area contributed by atoms with Crippen LogP contribution in [0.4, 0.5) is 8.78 Å². The fraction of sp³-hybridized carbons (Fsp3) is 0.571. The number of carboxylic acids is 1. The minimum absolute atomic E-state index is 0.113. The van der Waals surface area contributed by atoms with E-state index in [1.165, 1.54) is 0 Å². The van der Waals surface area contributed by atoms with Crippen LogP contribution in [0.5, 0.6) is 0 Å². The van der Waals surface area contributed by atoms with Crippen LogP contribution in [-0.4, -0.2) is 32.3 Å². The number of halogens is 2. The largest absolute Gasteiger partial charge is 0.481 e. The van der Waals surface area contributed by atoms with E-state index in [9.17, 15) is 13.6 Å². The molecule has 78 valence electrons. The molecule has 0 amide bonds. The van der Waals surface area contributed by atoms with Crippen molar-refractivity contribution in [2.24, 2.45) is 0 Å². The first-order chi connectivity index (χ1) is 6.59. The lowest BCUT2D eigenvalue weighted by Crippen LogP contribution is -2.13. The molecule has 5 nitrogen and oxygen atoms in total. The van der Waals surface area contributed by atoms with E-state index in [2.05, 4.69) is 10.1 Å². The smallest absolute Gasteiger partial charge is 0.303 e. The third-order valence-electron chi connectivity index (χ3n) is 1.57. The van der Waals surface area contributed by atoms with Crippen molar-refractivity contribution in [3.05, 3.63) is 12.2 Å². The lowest BCUT2D eigenvalue weighted by Gasteiger charge is -2.03. The van der Waals surface area contributed by atoms with E-state index in [1.54, 1.807) is 0 Å². The predicted octanol–water partition coefficient (Wildman–Crippen LogP) is 0.560. The molecule has 0 unspecified atom stereocenters. The fourth-order valence-corrected chi connectivity index (χ4v) is 0.984. The lowest BCUT2D eigenvalue weighted by atomic mass is 10.3. The summed E-state index contributed by atoms with van der Waals surface area (Å²) >= 11 is 0. The van der Waals surface area contributed by atoms with Crippen LogP contribution in [0.25, 0.3) is 0 Å². The van der Waals surface area contributed by atoms with E-state index in [4.69, 9.17) is 5.11 Å². The van der Waals surface area contributed by atoms with Gasteiger partial charge in [-0.05, 0) is 0 Å². The Bertz CT molecular complexity index is 314. The molecule has 0 aliphatic rings. The van der Waals surface area contributed by atoms with Gasteiger partial charge in [-0.3, -0.25) is 4.79 Å². The van der Waals surface area contributed by atoms with Crippen molar-refractivity contribution >= 4 is 5.97 Å². The number of hydrogen-bond acceptors (Lipinski definition) is 3. The highest BCUT2D eigenvalue weighted by atomic mass is 19.3. The molecular weight excluding hydrogens is 196 g/mol. The van der Waals surface area contributed by atoms with Crippen LogP contribution in [0.15, 0.2) is 6.33 Å². The Balaban J connectivity index is 2.58. The zero-order valence-corrected chi connectivity index (χ0v) is 7.23. The second kappa shape index (κ2) is 4.64. The van der Waals surface area contributed by atoms with Gasteiger partial charge in [0.1, 0.15) is 18.7 Å². The average molecular weight is 205 g/mol. The first-order valence-electron chi connectivity index (χ1n) is 3.96. The van der Waals surface area contributed by atoms with Gasteiger partial charge in [-0.15, -0.1) is 0 Å². The molecule has 0 saturated heterocycles. The normalized spacial score (nSPS) is 10.8. The maximum Gasteiger partial charge on any atom is 0.303 e. The van der Waals surface area contributed by atoms with Crippen LogP contribution in [0.3, 0.4) is 0 Å². The molecule has 7 heteroatoms. The van der Waals surface area contributed by atoms with Crippen molar-refractivity contribution in [1.29, 1.82) is 0 Å². The molecule has 0 atom stereocenters. The number of carboxylic acid groups (broad SMARTS) is 1. The molecule has 0 aliphatic heterocycles. The number of carbonyl (C=O) groups is 1. The molecule has 1 aromatic heterocycles. The van der Waals surface area contributed by atoms with Crippen molar-refractivity contribution in [2.45, 2.75) is 25.8 Å². The summed E-state index contributed by atoms with van der Waals surface area (Å²) in [4.78, 5) is 13.9. The van der Waals surface area contributed by atoms with E-state index in [0.717, 1.165) is 11.0 Å². The molecule has 14 heavy (non-hydrogen) atoms. The fourth-order valence-electron chi connectivity index (χ4n) is 0.984. The molecule has 0 bridgehead atoms. The van der Waals surface area contributed by atoms with Gasteiger partial charge in [-0.1, -0.05) is 0 Å². The van der Waals surface area contributed by atoms with E-state index < -0.39 is 18.9 Å². The molecule has 0 radical (unpaired) electrons. The Morgan fingerprint density at radius 2 is 2.36 bits per heavy atom. The highest BCUT2D eigenvalue weighted by Crippen LogP contribution is 2.03. The van der Waals surface area contributed by atoms with E-state index >= 15 is 0 Å². The minimum atomic E-state index is -2.51. The van der Waals surface area contributed by atoms with Crippen LogP contribution in [0.2, 0.25) is 0 Å². The number of rotatable bonds is 5. The quantitative estimate of drug-likeness (QED) is 0.762. The molecule has 0 aromatic carbocycles. The predicted molar refractivity (Wildman–Crippen MR) is 42.0 cm³/mol. The average Bonchev–Trinajstić information content (AvgIpc) is 2.47. The summed E-state index contributed by atoms with van der Waals surface area (Å²) in [5.74, 6) is -0.718. The lowest BCUT2D eigenvalue weighted by molar-refractivity contribution is -0.137. The van der Waals surface area contributed by atoms with Crippen molar-refractivity contribution in [3.8, 4) is 0 Å². The molecule has 0 aliphatic carbocycles. The van der Waals surface area contributed by atoms with Gasteiger partial charge in [0, 0.05) is 6.42 Å². The Morgan fingerprint density at radius 1 is 1.64 bits per heavy atom. The number of aliphatic carboxylic acids is 1. The first kappa shape index (κ1) is 10.6. The molecule has 1 rings (SSSR count). The topological polar surface area (TPSA) is 68.0 Å². The van der Waals surface area contributed by atoms with Gasteiger partial charge >= 0.3 is 5.97 Å². The monoisotopic (exact) mass is 205 g/mol. The summed E-state index contributed by atoms with van der Waals surface area (Å²) in [5, 5.41) is 11.9. The number of hydrogen-bond donors (Lipinski definition) is 1. The van der Waals surface area contributed by atoms with Gasteiger partial charge in [-0.25, -0.2) is 18.4 Å². The second-order valence-corrected chi connectivity index (χ2v) is 2.64. The Morgan fingerprint density at radius 3 is 2.93 bits per heavy atom. The van der Waals surface area contributed by atoms with Gasteiger partial charge in [0.15, 0.2) is 0 Å². The van der Waals surface area contributed by atoms with Crippen molar-refractivity contribution in [2.75, 3.05) is 0 Å². The minimum Gasteiger partial charge on any atom is -0.481 e. The Hall–Kier alpha value is -1.53. The van der Waals surface area contributed by atoms with Crippen LogP contribution < -0.4 is 0 Å². The Labute approximate surface area is 78.4 Å². The van der Waals surface area contributed by atoms with Gasteiger partial charge in [0.2, 0.25) is 0 Å². The number of nitrogens with zero attached hydrogens (tertiary/aromatic N) is 3. The van der Waals surface area contributed by atoms with E-state index in [1.807, 2.05) is 0 Å². The maximum absolute atomic E-state index is 12.0. The molecule has 0 fully saturated rings. The van der Waals surface area contributed by atoms with Crippen LogP contribution in [-0.2, 0) is 17.8 Å². The van der Waals surface area contributed by atoms with Crippen LogP contribution in [0.1, 0.15) is 12.2 Å². The second-order valence-electron chi connectivity index (χ2n) is 2.64. The molecule has 0 saturated carbocycles. The highest BCUT2D eigenvalue weighted by Gasteiger charge is 2.10. The van der Waals surface area contributed by atoms with Crippen LogP contribution >= 0.6 is 0 Å². The first-order valence-corrected chi connectivity index (χ1v) is 3.96. The summed E-state index contributed by atoms with van der Waals surface area (Å²) in [6.07, 6.45) is -1.40. The zero-order chi connectivity index (χ0) is 10.6.